The highest BCUT2D eigenvalue weighted by atomic mass is 16.5. The summed E-state index contributed by atoms with van der Waals surface area (Å²) in [6.45, 7) is 8.46. The molecule has 0 aromatic rings. The van der Waals surface area contributed by atoms with Gasteiger partial charge in [0.15, 0.2) is 0 Å². The highest BCUT2D eigenvalue weighted by molar-refractivity contribution is 5.07. The summed E-state index contributed by atoms with van der Waals surface area (Å²) >= 11 is 0. The van der Waals surface area contributed by atoms with E-state index in [9.17, 15) is 0 Å². The first-order valence-corrected chi connectivity index (χ1v) is 5.07. The molecular formula is C10H21NO. The summed E-state index contributed by atoms with van der Waals surface area (Å²) in [5.41, 5.74) is 0. The Labute approximate surface area is 75.7 Å². The predicted octanol–water partition coefficient (Wildman–Crippen LogP) is 1.51. The normalized spacial score (nSPS) is 43.0. The Balaban J connectivity index is 0.000000336. The molecule has 72 valence electrons. The maximum atomic E-state index is 5.11. The quantitative estimate of drug-likeness (QED) is 0.680. The SMILES string of the molecule is CC.COCC1NCC2C(C)C12. The first-order valence-electron chi connectivity index (χ1n) is 5.07. The van der Waals surface area contributed by atoms with Gasteiger partial charge in [-0.25, -0.2) is 0 Å². The molecule has 1 saturated carbocycles. The van der Waals surface area contributed by atoms with E-state index in [1.165, 1.54) is 6.54 Å². The molecule has 0 aromatic heterocycles. The van der Waals surface area contributed by atoms with Crippen molar-refractivity contribution in [1.82, 2.24) is 5.32 Å². The number of ether oxygens (including phenoxy) is 1. The zero-order chi connectivity index (χ0) is 9.14. The van der Waals surface area contributed by atoms with Crippen molar-refractivity contribution in [2.45, 2.75) is 26.8 Å². The van der Waals surface area contributed by atoms with E-state index in [-0.39, 0.29) is 0 Å². The van der Waals surface area contributed by atoms with Crippen LogP contribution in [-0.2, 0) is 4.74 Å². The fourth-order valence-corrected chi connectivity index (χ4v) is 2.34. The zero-order valence-electron chi connectivity index (χ0n) is 8.63. The smallest absolute Gasteiger partial charge is 0.0618 e. The molecule has 0 amide bonds. The summed E-state index contributed by atoms with van der Waals surface area (Å²) in [6.07, 6.45) is 0. The summed E-state index contributed by atoms with van der Waals surface area (Å²) in [7, 11) is 1.78. The van der Waals surface area contributed by atoms with Crippen LogP contribution >= 0.6 is 0 Å². The van der Waals surface area contributed by atoms with Gasteiger partial charge in [-0.3, -0.25) is 0 Å². The second-order valence-corrected chi connectivity index (χ2v) is 3.57. The minimum Gasteiger partial charge on any atom is -0.383 e. The second-order valence-electron chi connectivity index (χ2n) is 3.57. The van der Waals surface area contributed by atoms with E-state index in [1.54, 1.807) is 7.11 Å². The van der Waals surface area contributed by atoms with Gasteiger partial charge in [-0.2, -0.15) is 0 Å². The van der Waals surface area contributed by atoms with Crippen LogP contribution in [0.5, 0.6) is 0 Å². The van der Waals surface area contributed by atoms with E-state index in [4.69, 9.17) is 4.74 Å². The van der Waals surface area contributed by atoms with E-state index in [0.29, 0.717) is 6.04 Å². The van der Waals surface area contributed by atoms with Gasteiger partial charge >= 0.3 is 0 Å². The minimum absolute atomic E-state index is 0.657. The maximum Gasteiger partial charge on any atom is 0.0618 e. The Bertz CT molecular complexity index is 138. The summed E-state index contributed by atoms with van der Waals surface area (Å²) in [5, 5.41) is 3.46. The summed E-state index contributed by atoms with van der Waals surface area (Å²) in [4.78, 5) is 0. The molecule has 0 aromatic carbocycles. The topological polar surface area (TPSA) is 21.3 Å². The molecule has 2 aliphatic rings. The molecule has 2 rings (SSSR count). The van der Waals surface area contributed by atoms with Crippen molar-refractivity contribution in [3.05, 3.63) is 0 Å². The maximum absolute atomic E-state index is 5.11. The van der Waals surface area contributed by atoms with Crippen LogP contribution in [0.2, 0.25) is 0 Å². The van der Waals surface area contributed by atoms with Crippen LogP contribution in [0.15, 0.2) is 0 Å². The standard InChI is InChI=1S/C8H15NO.C2H6/c1-5-6-3-9-7(4-10-2)8(5)6;1-2/h5-9H,3-4H2,1-2H3;1-2H3. The monoisotopic (exact) mass is 171 g/mol. The van der Waals surface area contributed by atoms with Crippen molar-refractivity contribution in [2.24, 2.45) is 17.8 Å². The lowest BCUT2D eigenvalue weighted by atomic mass is 10.2. The molecular weight excluding hydrogens is 150 g/mol. The third-order valence-corrected chi connectivity index (χ3v) is 3.06. The van der Waals surface area contributed by atoms with E-state index in [2.05, 4.69) is 12.2 Å². The third-order valence-electron chi connectivity index (χ3n) is 3.06. The molecule has 2 fully saturated rings. The Morgan fingerprint density at radius 3 is 2.50 bits per heavy atom. The fraction of sp³-hybridized carbons (Fsp3) is 1.00. The fourth-order valence-electron chi connectivity index (χ4n) is 2.34. The van der Waals surface area contributed by atoms with Crippen molar-refractivity contribution < 1.29 is 4.74 Å². The first-order chi connectivity index (χ1) is 5.84. The van der Waals surface area contributed by atoms with Crippen LogP contribution in [0.3, 0.4) is 0 Å². The van der Waals surface area contributed by atoms with Crippen LogP contribution in [0, 0.1) is 17.8 Å². The van der Waals surface area contributed by atoms with Gasteiger partial charge in [-0.05, 0) is 24.3 Å². The minimum atomic E-state index is 0.657. The van der Waals surface area contributed by atoms with E-state index < -0.39 is 0 Å². The molecule has 2 nitrogen and oxygen atoms in total. The van der Waals surface area contributed by atoms with Gasteiger partial charge in [0, 0.05) is 13.2 Å². The number of nitrogens with one attached hydrogen (secondary N) is 1. The lowest BCUT2D eigenvalue weighted by Gasteiger charge is -2.12. The van der Waals surface area contributed by atoms with Gasteiger partial charge in [0.05, 0.1) is 6.61 Å². The number of hydrogen-bond acceptors (Lipinski definition) is 2. The Hall–Kier alpha value is -0.0800. The summed E-state index contributed by atoms with van der Waals surface area (Å²) in [6, 6.07) is 0.657. The Morgan fingerprint density at radius 2 is 2.08 bits per heavy atom. The molecule has 4 atom stereocenters. The number of fused-ring (bicyclic) bond motifs is 1. The first kappa shape index (κ1) is 10.0. The highest BCUT2D eigenvalue weighted by Crippen LogP contribution is 2.51. The van der Waals surface area contributed by atoms with Crippen LogP contribution in [0.1, 0.15) is 20.8 Å². The largest absolute Gasteiger partial charge is 0.383 e. The molecule has 1 N–H and O–H groups in total. The second kappa shape index (κ2) is 4.24. The average molecular weight is 171 g/mol. The lowest BCUT2D eigenvalue weighted by molar-refractivity contribution is 0.163. The van der Waals surface area contributed by atoms with E-state index in [1.807, 2.05) is 13.8 Å². The van der Waals surface area contributed by atoms with Crippen molar-refractivity contribution in [2.75, 3.05) is 20.3 Å². The van der Waals surface area contributed by atoms with Crippen molar-refractivity contribution in [1.29, 1.82) is 0 Å². The molecule has 4 unspecified atom stereocenters. The molecule has 1 heterocycles. The Morgan fingerprint density at radius 1 is 1.42 bits per heavy atom. The number of rotatable bonds is 2. The molecule has 1 saturated heterocycles. The van der Waals surface area contributed by atoms with Crippen molar-refractivity contribution in [3.63, 3.8) is 0 Å². The third kappa shape index (κ3) is 1.64. The van der Waals surface area contributed by atoms with Crippen LogP contribution in [-0.4, -0.2) is 26.3 Å². The molecule has 1 aliphatic carbocycles. The predicted molar refractivity (Wildman–Crippen MR) is 51.2 cm³/mol. The Kier molecular flexibility index (Phi) is 3.53. The molecule has 2 heteroatoms. The van der Waals surface area contributed by atoms with E-state index in [0.717, 1.165) is 24.4 Å². The lowest BCUT2D eigenvalue weighted by Crippen LogP contribution is -2.31. The molecule has 0 spiro atoms. The van der Waals surface area contributed by atoms with Crippen molar-refractivity contribution in [3.8, 4) is 0 Å². The van der Waals surface area contributed by atoms with Gasteiger partial charge in [0.25, 0.3) is 0 Å². The zero-order valence-corrected chi connectivity index (χ0v) is 8.63. The molecule has 1 aliphatic heterocycles. The highest BCUT2D eigenvalue weighted by Gasteiger charge is 2.54. The summed E-state index contributed by atoms with van der Waals surface area (Å²) < 4.78 is 5.11. The number of methoxy groups -OCH3 is 1. The van der Waals surface area contributed by atoms with Gasteiger partial charge in [0.1, 0.15) is 0 Å². The van der Waals surface area contributed by atoms with Crippen molar-refractivity contribution >= 4 is 0 Å². The van der Waals surface area contributed by atoms with Gasteiger partial charge in [0.2, 0.25) is 0 Å². The van der Waals surface area contributed by atoms with Gasteiger partial charge < -0.3 is 10.1 Å². The number of hydrogen-bond donors (Lipinski definition) is 1. The van der Waals surface area contributed by atoms with E-state index >= 15 is 0 Å². The molecule has 0 radical (unpaired) electrons. The summed E-state index contributed by atoms with van der Waals surface area (Å²) in [5.74, 6) is 2.86. The molecule has 12 heavy (non-hydrogen) atoms. The molecule has 0 bridgehead atoms. The van der Waals surface area contributed by atoms with Gasteiger partial charge in [-0.1, -0.05) is 20.8 Å². The number of piperidine rings is 1. The average Bonchev–Trinajstić information content (AvgIpc) is 2.58. The van der Waals surface area contributed by atoms with Gasteiger partial charge in [-0.15, -0.1) is 0 Å². The van der Waals surface area contributed by atoms with Crippen LogP contribution in [0.4, 0.5) is 0 Å². The van der Waals surface area contributed by atoms with Crippen LogP contribution in [0.25, 0.3) is 0 Å². The van der Waals surface area contributed by atoms with Crippen LogP contribution < -0.4 is 5.32 Å².